The van der Waals surface area contributed by atoms with Gasteiger partial charge < -0.3 is 10.6 Å². The van der Waals surface area contributed by atoms with E-state index in [1.807, 2.05) is 0 Å². The fraction of sp³-hybridized carbons (Fsp3) is 0.588. The molecule has 0 saturated carbocycles. The molecule has 0 bridgehead atoms. The van der Waals surface area contributed by atoms with Gasteiger partial charge in [-0.05, 0) is 50.0 Å². The first-order valence-electron chi connectivity index (χ1n) is 8.29. The molecule has 1 amide bonds. The quantitative estimate of drug-likeness (QED) is 0.883. The van der Waals surface area contributed by atoms with Crippen LogP contribution in [0.4, 0.5) is 4.39 Å². The molecule has 23 heavy (non-hydrogen) atoms. The molecule has 126 valence electrons. The van der Waals surface area contributed by atoms with Gasteiger partial charge in [0.15, 0.2) is 0 Å². The van der Waals surface area contributed by atoms with Crippen molar-refractivity contribution in [3.63, 3.8) is 0 Å². The summed E-state index contributed by atoms with van der Waals surface area (Å²) in [6, 6.07) is 4.73. The number of likely N-dealkylation sites (tertiary alicyclic amines) is 1. The summed E-state index contributed by atoms with van der Waals surface area (Å²) >= 11 is 6.11. The Morgan fingerprint density at radius 3 is 3.04 bits per heavy atom. The summed E-state index contributed by atoms with van der Waals surface area (Å²) in [5.41, 5.74) is 0.931. The molecule has 0 spiro atoms. The maximum atomic E-state index is 13.1. The summed E-state index contributed by atoms with van der Waals surface area (Å²) in [6.45, 7) is 4.20. The van der Waals surface area contributed by atoms with E-state index in [-0.39, 0.29) is 23.7 Å². The zero-order valence-corrected chi connectivity index (χ0v) is 13.9. The van der Waals surface area contributed by atoms with Crippen LogP contribution in [0.2, 0.25) is 5.02 Å². The lowest BCUT2D eigenvalue weighted by atomic mass is 10.0. The van der Waals surface area contributed by atoms with Gasteiger partial charge in [0.1, 0.15) is 5.82 Å². The second-order valence-corrected chi connectivity index (χ2v) is 6.92. The van der Waals surface area contributed by atoms with Gasteiger partial charge in [0.2, 0.25) is 5.91 Å². The van der Waals surface area contributed by atoms with Crippen molar-refractivity contribution in [3.8, 4) is 0 Å². The van der Waals surface area contributed by atoms with Gasteiger partial charge in [-0.2, -0.15) is 0 Å². The van der Waals surface area contributed by atoms with Crippen molar-refractivity contribution in [1.29, 1.82) is 0 Å². The average molecular weight is 340 g/mol. The van der Waals surface area contributed by atoms with Crippen molar-refractivity contribution in [2.24, 2.45) is 5.92 Å². The minimum Gasteiger partial charge on any atom is -0.352 e. The van der Waals surface area contributed by atoms with Crippen LogP contribution in [-0.2, 0) is 11.3 Å². The monoisotopic (exact) mass is 339 g/mol. The van der Waals surface area contributed by atoms with Crippen molar-refractivity contribution in [1.82, 2.24) is 15.5 Å². The lowest BCUT2D eigenvalue weighted by molar-refractivity contribution is -0.125. The molecule has 2 heterocycles. The number of nitrogens with one attached hydrogen (secondary N) is 2. The summed E-state index contributed by atoms with van der Waals surface area (Å²) < 4.78 is 13.1. The molecule has 0 aromatic heterocycles. The van der Waals surface area contributed by atoms with Gasteiger partial charge in [-0.1, -0.05) is 17.7 Å². The van der Waals surface area contributed by atoms with Gasteiger partial charge in [-0.3, -0.25) is 9.69 Å². The number of piperidine rings is 1. The molecule has 1 aromatic carbocycles. The van der Waals surface area contributed by atoms with Crippen LogP contribution in [0.3, 0.4) is 0 Å². The van der Waals surface area contributed by atoms with Crippen LogP contribution in [0.5, 0.6) is 0 Å². The summed E-state index contributed by atoms with van der Waals surface area (Å²) in [6.07, 6.45) is 2.99. The fourth-order valence-electron chi connectivity index (χ4n) is 3.41. The highest BCUT2D eigenvalue weighted by Gasteiger charge is 2.27. The van der Waals surface area contributed by atoms with Crippen molar-refractivity contribution < 1.29 is 9.18 Å². The van der Waals surface area contributed by atoms with Gasteiger partial charge in [-0.25, -0.2) is 4.39 Å². The molecule has 2 N–H and O–H groups in total. The van der Waals surface area contributed by atoms with Gasteiger partial charge in [-0.15, -0.1) is 0 Å². The van der Waals surface area contributed by atoms with E-state index in [1.165, 1.54) is 12.1 Å². The first kappa shape index (κ1) is 16.7. The Morgan fingerprint density at radius 1 is 1.43 bits per heavy atom. The number of nitrogens with zero attached hydrogens (tertiary/aromatic N) is 1. The van der Waals surface area contributed by atoms with Crippen molar-refractivity contribution >= 4 is 17.5 Å². The highest BCUT2D eigenvalue weighted by atomic mass is 35.5. The SMILES string of the molecule is O=C(NC1CCCN(Cc2ccc(F)cc2Cl)C1)C1CCNC1. The number of carbonyl (C=O) groups excluding carboxylic acids is 1. The minimum absolute atomic E-state index is 0.108. The van der Waals surface area contributed by atoms with Crippen molar-refractivity contribution in [3.05, 3.63) is 34.6 Å². The van der Waals surface area contributed by atoms with E-state index in [9.17, 15) is 9.18 Å². The Labute approximate surface area is 141 Å². The Bertz CT molecular complexity index is 563. The number of hydrogen-bond donors (Lipinski definition) is 2. The van der Waals surface area contributed by atoms with Gasteiger partial charge in [0, 0.05) is 30.7 Å². The molecule has 2 fully saturated rings. The molecule has 2 aliphatic heterocycles. The molecular formula is C17H23ClFN3O. The Balaban J connectivity index is 1.54. The number of benzene rings is 1. The van der Waals surface area contributed by atoms with Gasteiger partial charge in [0.25, 0.3) is 0 Å². The van der Waals surface area contributed by atoms with E-state index in [0.29, 0.717) is 11.6 Å². The predicted octanol–water partition coefficient (Wildman–Crippen LogP) is 2.17. The minimum atomic E-state index is -0.312. The van der Waals surface area contributed by atoms with E-state index in [0.717, 1.165) is 51.0 Å². The van der Waals surface area contributed by atoms with Crippen LogP contribution >= 0.6 is 11.6 Å². The molecule has 2 atom stereocenters. The van der Waals surface area contributed by atoms with Crippen LogP contribution in [0.15, 0.2) is 18.2 Å². The van der Waals surface area contributed by atoms with Crippen LogP contribution in [0.25, 0.3) is 0 Å². The average Bonchev–Trinajstić information content (AvgIpc) is 3.05. The number of hydrogen-bond acceptors (Lipinski definition) is 3. The maximum absolute atomic E-state index is 13.1. The standard InChI is InChI=1S/C17H23ClFN3O/c18-16-8-14(19)4-3-13(16)10-22-7-1-2-15(11-22)21-17(23)12-5-6-20-9-12/h3-4,8,12,15,20H,1-2,5-7,9-11H2,(H,21,23). The fourth-order valence-corrected chi connectivity index (χ4v) is 3.63. The zero-order valence-electron chi connectivity index (χ0n) is 13.2. The summed E-state index contributed by atoms with van der Waals surface area (Å²) in [4.78, 5) is 14.5. The molecule has 0 aliphatic carbocycles. The Morgan fingerprint density at radius 2 is 2.30 bits per heavy atom. The second kappa shape index (κ2) is 7.60. The second-order valence-electron chi connectivity index (χ2n) is 6.51. The van der Waals surface area contributed by atoms with E-state index in [4.69, 9.17) is 11.6 Å². The van der Waals surface area contributed by atoms with E-state index >= 15 is 0 Å². The van der Waals surface area contributed by atoms with Crippen LogP contribution in [0, 0.1) is 11.7 Å². The normalized spacial score (nSPS) is 25.5. The van der Waals surface area contributed by atoms with Crippen LogP contribution < -0.4 is 10.6 Å². The summed E-state index contributed by atoms with van der Waals surface area (Å²) in [7, 11) is 0. The van der Waals surface area contributed by atoms with Gasteiger partial charge >= 0.3 is 0 Å². The first-order valence-corrected chi connectivity index (χ1v) is 8.67. The predicted molar refractivity (Wildman–Crippen MR) is 88.8 cm³/mol. The number of amides is 1. The summed E-state index contributed by atoms with van der Waals surface area (Å²) in [5.74, 6) is -0.0358. The molecule has 1 aromatic rings. The molecule has 3 rings (SSSR count). The Kier molecular flexibility index (Phi) is 5.51. The molecule has 0 radical (unpaired) electrons. The third-order valence-corrected chi connectivity index (χ3v) is 5.04. The van der Waals surface area contributed by atoms with E-state index in [2.05, 4.69) is 15.5 Å². The zero-order chi connectivity index (χ0) is 16.2. The third kappa shape index (κ3) is 4.43. The number of carbonyl (C=O) groups is 1. The molecule has 2 aliphatic rings. The lowest BCUT2D eigenvalue weighted by Crippen LogP contribution is -2.49. The first-order chi connectivity index (χ1) is 11.1. The highest BCUT2D eigenvalue weighted by molar-refractivity contribution is 6.31. The summed E-state index contributed by atoms with van der Waals surface area (Å²) in [5, 5.41) is 6.88. The molecule has 4 nitrogen and oxygen atoms in total. The van der Waals surface area contributed by atoms with E-state index < -0.39 is 0 Å². The molecule has 2 saturated heterocycles. The van der Waals surface area contributed by atoms with Gasteiger partial charge in [0.05, 0.1) is 5.92 Å². The largest absolute Gasteiger partial charge is 0.352 e. The Hall–Kier alpha value is -1.17. The number of halogens is 2. The van der Waals surface area contributed by atoms with E-state index in [1.54, 1.807) is 6.07 Å². The van der Waals surface area contributed by atoms with Crippen LogP contribution in [0.1, 0.15) is 24.8 Å². The lowest BCUT2D eigenvalue weighted by Gasteiger charge is -2.33. The smallest absolute Gasteiger partial charge is 0.224 e. The third-order valence-electron chi connectivity index (χ3n) is 4.69. The molecule has 6 heteroatoms. The van der Waals surface area contributed by atoms with Crippen LogP contribution in [-0.4, -0.2) is 43.0 Å². The van der Waals surface area contributed by atoms with Crippen molar-refractivity contribution in [2.45, 2.75) is 31.8 Å². The molecule has 2 unspecified atom stereocenters. The maximum Gasteiger partial charge on any atom is 0.224 e. The van der Waals surface area contributed by atoms with Crippen molar-refractivity contribution in [2.75, 3.05) is 26.2 Å². The molecular weight excluding hydrogens is 317 g/mol. The topological polar surface area (TPSA) is 44.4 Å². The number of rotatable bonds is 4. The highest BCUT2D eigenvalue weighted by Crippen LogP contribution is 2.21.